The number of esters is 1. The summed E-state index contributed by atoms with van der Waals surface area (Å²) in [7, 11) is 1.55. The molecule has 0 spiro atoms. The first-order chi connectivity index (χ1) is 15.5. The maximum atomic E-state index is 12.5. The van der Waals surface area contributed by atoms with Crippen molar-refractivity contribution < 1.29 is 28.9 Å². The second-order valence-electron chi connectivity index (χ2n) is 6.47. The van der Waals surface area contributed by atoms with Crippen LogP contribution in [-0.2, 0) is 0 Å². The average molecular weight is 434 g/mol. The molecule has 0 aliphatic carbocycles. The van der Waals surface area contributed by atoms with Crippen molar-refractivity contribution in [1.82, 2.24) is 5.43 Å². The van der Waals surface area contributed by atoms with Gasteiger partial charge in [-0.25, -0.2) is 10.2 Å². The summed E-state index contributed by atoms with van der Waals surface area (Å²) < 4.78 is 16.1. The molecule has 0 heterocycles. The molecule has 0 radical (unpaired) electrons. The molecule has 0 bridgehead atoms. The van der Waals surface area contributed by atoms with Crippen molar-refractivity contribution in [3.05, 3.63) is 83.4 Å². The minimum atomic E-state index is -0.547. The molecule has 0 aliphatic rings. The number of hydrazone groups is 1. The highest BCUT2D eigenvalue weighted by Gasteiger charge is 2.14. The third-order valence-corrected chi connectivity index (χ3v) is 4.32. The lowest BCUT2D eigenvalue weighted by Crippen LogP contribution is -2.17. The van der Waals surface area contributed by atoms with Gasteiger partial charge in [0.15, 0.2) is 11.5 Å². The fraction of sp³-hybridized carbons (Fsp3) is 0.125. The number of aromatic hydroxyl groups is 1. The van der Waals surface area contributed by atoms with Crippen LogP contribution in [0.4, 0.5) is 0 Å². The summed E-state index contributed by atoms with van der Waals surface area (Å²) in [5, 5.41) is 13.6. The number of nitrogens with zero attached hydrogens (tertiary/aromatic N) is 1. The number of hydrogen-bond donors (Lipinski definition) is 2. The van der Waals surface area contributed by atoms with Crippen LogP contribution in [0.15, 0.2) is 71.8 Å². The Balaban J connectivity index is 1.70. The third-order valence-electron chi connectivity index (χ3n) is 4.32. The summed E-state index contributed by atoms with van der Waals surface area (Å²) >= 11 is 0. The van der Waals surface area contributed by atoms with Crippen LogP contribution in [0.5, 0.6) is 23.0 Å². The van der Waals surface area contributed by atoms with Crippen molar-refractivity contribution in [3.8, 4) is 23.0 Å². The molecule has 32 heavy (non-hydrogen) atoms. The fourth-order valence-electron chi connectivity index (χ4n) is 2.73. The summed E-state index contributed by atoms with van der Waals surface area (Å²) in [4.78, 5) is 24.6. The Kier molecular flexibility index (Phi) is 7.42. The largest absolute Gasteiger partial charge is 0.507 e. The van der Waals surface area contributed by atoms with Crippen LogP contribution < -0.4 is 19.6 Å². The Labute approximate surface area is 185 Å². The normalized spacial score (nSPS) is 10.6. The van der Waals surface area contributed by atoms with Gasteiger partial charge in [-0.05, 0) is 67.1 Å². The second kappa shape index (κ2) is 10.6. The van der Waals surface area contributed by atoms with Crippen LogP contribution >= 0.6 is 0 Å². The third kappa shape index (κ3) is 5.63. The number of phenolic OH excluding ortho intramolecular Hbond substituents is 1. The van der Waals surface area contributed by atoms with Gasteiger partial charge in [-0.2, -0.15) is 5.10 Å². The maximum absolute atomic E-state index is 12.5. The molecule has 0 aromatic heterocycles. The summed E-state index contributed by atoms with van der Waals surface area (Å²) in [5.41, 5.74) is 3.44. The molecule has 3 aromatic carbocycles. The van der Waals surface area contributed by atoms with Crippen molar-refractivity contribution >= 4 is 18.1 Å². The van der Waals surface area contributed by atoms with Gasteiger partial charge in [0, 0.05) is 0 Å². The number of ether oxygens (including phenoxy) is 3. The molecule has 2 N–H and O–H groups in total. The monoisotopic (exact) mass is 434 g/mol. The van der Waals surface area contributed by atoms with Gasteiger partial charge in [0.25, 0.3) is 5.91 Å². The van der Waals surface area contributed by atoms with Crippen LogP contribution in [0.3, 0.4) is 0 Å². The van der Waals surface area contributed by atoms with E-state index in [4.69, 9.17) is 14.2 Å². The molecule has 0 fully saturated rings. The van der Waals surface area contributed by atoms with Crippen molar-refractivity contribution in [2.75, 3.05) is 13.7 Å². The molecule has 8 nitrogen and oxygen atoms in total. The maximum Gasteiger partial charge on any atom is 0.343 e. The highest BCUT2D eigenvalue weighted by atomic mass is 16.6. The number of para-hydroxylation sites is 1. The first-order valence-corrected chi connectivity index (χ1v) is 9.76. The molecule has 3 aromatic rings. The van der Waals surface area contributed by atoms with Crippen molar-refractivity contribution in [2.45, 2.75) is 6.92 Å². The molecule has 0 saturated heterocycles. The van der Waals surface area contributed by atoms with Crippen LogP contribution in [0.25, 0.3) is 0 Å². The van der Waals surface area contributed by atoms with Gasteiger partial charge in [0.05, 0.1) is 31.1 Å². The summed E-state index contributed by atoms with van der Waals surface area (Å²) in [6.07, 6.45) is 1.41. The lowest BCUT2D eigenvalue weighted by molar-refractivity contribution is 0.0728. The molecule has 0 aliphatic heterocycles. The number of phenols is 1. The van der Waals surface area contributed by atoms with E-state index in [0.717, 1.165) is 0 Å². The molecule has 8 heteroatoms. The first kappa shape index (κ1) is 22.4. The number of amides is 1. The van der Waals surface area contributed by atoms with E-state index in [-0.39, 0.29) is 17.1 Å². The molecule has 0 unspecified atom stereocenters. The number of rotatable bonds is 8. The van der Waals surface area contributed by atoms with E-state index < -0.39 is 11.9 Å². The zero-order valence-electron chi connectivity index (χ0n) is 17.6. The number of nitrogens with one attached hydrogen (secondary N) is 1. The van der Waals surface area contributed by atoms with E-state index in [0.29, 0.717) is 29.2 Å². The van der Waals surface area contributed by atoms with E-state index in [1.807, 2.05) is 6.92 Å². The quantitative estimate of drug-likeness (QED) is 0.242. The lowest BCUT2D eigenvalue weighted by atomic mass is 10.2. The van der Waals surface area contributed by atoms with Gasteiger partial charge >= 0.3 is 5.97 Å². The van der Waals surface area contributed by atoms with Crippen molar-refractivity contribution in [1.29, 1.82) is 0 Å². The van der Waals surface area contributed by atoms with Gasteiger partial charge in [-0.3, -0.25) is 4.79 Å². The summed E-state index contributed by atoms with van der Waals surface area (Å²) in [6, 6.07) is 17.6. The van der Waals surface area contributed by atoms with Crippen LogP contribution in [-0.4, -0.2) is 36.9 Å². The van der Waals surface area contributed by atoms with Gasteiger partial charge in [-0.15, -0.1) is 0 Å². The zero-order chi connectivity index (χ0) is 22.9. The van der Waals surface area contributed by atoms with Gasteiger partial charge in [-0.1, -0.05) is 12.1 Å². The molecule has 1 amide bonds. The minimum absolute atomic E-state index is 0.112. The molecule has 3 rings (SSSR count). The van der Waals surface area contributed by atoms with Crippen molar-refractivity contribution in [2.24, 2.45) is 5.10 Å². The van der Waals surface area contributed by atoms with Crippen LogP contribution in [0.2, 0.25) is 0 Å². The number of benzene rings is 3. The smallest absolute Gasteiger partial charge is 0.343 e. The van der Waals surface area contributed by atoms with E-state index >= 15 is 0 Å². The van der Waals surface area contributed by atoms with E-state index in [2.05, 4.69) is 10.5 Å². The molecular formula is C24H22N2O6. The Bertz CT molecular complexity index is 1130. The summed E-state index contributed by atoms with van der Waals surface area (Å²) in [6.45, 7) is 2.17. The highest BCUT2D eigenvalue weighted by molar-refractivity contribution is 5.97. The molecule has 0 atom stereocenters. The number of hydrogen-bond acceptors (Lipinski definition) is 7. The first-order valence-electron chi connectivity index (χ1n) is 9.76. The Hall–Kier alpha value is -4.33. The summed E-state index contributed by atoms with van der Waals surface area (Å²) in [5.74, 6) is 0.0180. The van der Waals surface area contributed by atoms with Gasteiger partial charge in [0.1, 0.15) is 11.5 Å². The van der Waals surface area contributed by atoms with Crippen LogP contribution in [0.1, 0.15) is 33.2 Å². The average Bonchev–Trinajstić information content (AvgIpc) is 2.81. The predicted octanol–water partition coefficient (Wildman–Crippen LogP) is 3.78. The number of carbonyl (C=O) groups excluding carboxylic acids is 2. The van der Waals surface area contributed by atoms with E-state index in [1.54, 1.807) is 61.7 Å². The Morgan fingerprint density at radius 3 is 2.47 bits per heavy atom. The SMILES string of the molecule is CCOc1cc(/C=N/NC(=O)c2ccccc2O)ccc1OC(=O)c1ccc(OC)cc1. The predicted molar refractivity (Wildman–Crippen MR) is 119 cm³/mol. The number of methoxy groups -OCH3 is 1. The van der Waals surface area contributed by atoms with E-state index in [1.165, 1.54) is 18.3 Å². The van der Waals surface area contributed by atoms with Gasteiger partial charge in [0.2, 0.25) is 0 Å². The Morgan fingerprint density at radius 1 is 1.03 bits per heavy atom. The molecule has 0 saturated carbocycles. The molecular weight excluding hydrogens is 412 g/mol. The van der Waals surface area contributed by atoms with E-state index in [9.17, 15) is 14.7 Å². The standard InChI is InChI=1S/C24H22N2O6/c1-3-31-22-14-16(15-25-26-23(28)19-6-4-5-7-20(19)27)8-13-21(22)32-24(29)17-9-11-18(30-2)12-10-17/h4-15,27H,3H2,1-2H3,(H,26,28)/b25-15+. The van der Waals surface area contributed by atoms with Gasteiger partial charge < -0.3 is 19.3 Å². The second-order valence-corrected chi connectivity index (χ2v) is 6.47. The highest BCUT2D eigenvalue weighted by Crippen LogP contribution is 2.29. The Morgan fingerprint density at radius 2 is 1.78 bits per heavy atom. The zero-order valence-corrected chi connectivity index (χ0v) is 17.6. The minimum Gasteiger partial charge on any atom is -0.507 e. The van der Waals surface area contributed by atoms with Crippen LogP contribution in [0, 0.1) is 0 Å². The topological polar surface area (TPSA) is 106 Å². The van der Waals surface area contributed by atoms with Crippen molar-refractivity contribution in [3.63, 3.8) is 0 Å². The number of carbonyl (C=O) groups is 2. The fourth-order valence-corrected chi connectivity index (χ4v) is 2.73. The lowest BCUT2D eigenvalue weighted by Gasteiger charge is -2.11. The molecule has 164 valence electrons.